The van der Waals surface area contributed by atoms with Crippen molar-refractivity contribution in [3.05, 3.63) is 17.2 Å². The summed E-state index contributed by atoms with van der Waals surface area (Å²) in [5.74, 6) is 0.638. The van der Waals surface area contributed by atoms with Gasteiger partial charge in [-0.05, 0) is 18.9 Å². The zero-order valence-corrected chi connectivity index (χ0v) is 11.2. The molecule has 1 aromatic carbocycles. The van der Waals surface area contributed by atoms with E-state index in [1.165, 1.54) is 21.1 Å². The Kier molecular flexibility index (Phi) is 3.74. The van der Waals surface area contributed by atoms with Gasteiger partial charge < -0.3 is 14.2 Å². The van der Waals surface area contributed by atoms with E-state index < -0.39 is 5.97 Å². The summed E-state index contributed by atoms with van der Waals surface area (Å²) in [6.07, 6.45) is 1.93. The lowest BCUT2D eigenvalue weighted by atomic mass is 9.89. The molecule has 0 spiro atoms. The van der Waals surface area contributed by atoms with Crippen LogP contribution < -0.4 is 14.2 Å². The number of rotatable bonds is 3. The van der Waals surface area contributed by atoms with Crippen LogP contribution in [0, 0.1) is 0 Å². The van der Waals surface area contributed by atoms with Crippen molar-refractivity contribution in [2.24, 2.45) is 0 Å². The Bertz CT molecular complexity index is 533. The Morgan fingerprint density at radius 1 is 1.16 bits per heavy atom. The molecule has 0 aromatic heterocycles. The Morgan fingerprint density at radius 3 is 2.47 bits per heavy atom. The quantitative estimate of drug-likeness (QED) is 0.618. The summed E-state index contributed by atoms with van der Waals surface area (Å²) in [6.45, 7) is 1.32. The van der Waals surface area contributed by atoms with E-state index >= 15 is 0 Å². The predicted molar refractivity (Wildman–Crippen MR) is 68.1 cm³/mol. The largest absolute Gasteiger partial charge is 0.493 e. The topological polar surface area (TPSA) is 61.8 Å². The van der Waals surface area contributed by atoms with Gasteiger partial charge in [0.1, 0.15) is 0 Å². The summed E-state index contributed by atoms with van der Waals surface area (Å²) < 4.78 is 15.7. The van der Waals surface area contributed by atoms with Crippen LogP contribution in [0.4, 0.5) is 0 Å². The number of fused-ring (bicyclic) bond motifs is 1. The first-order valence-electron chi connectivity index (χ1n) is 6.08. The minimum Gasteiger partial charge on any atom is -0.493 e. The standard InChI is InChI=1S/C14H16O5/c1-8(15)19-13-9-5-4-6-11(16)10(9)7-12(17-2)14(13)18-3/h7H,4-6H2,1-3H3. The van der Waals surface area contributed by atoms with E-state index in [-0.39, 0.29) is 5.78 Å². The Hall–Kier alpha value is -2.04. The highest BCUT2D eigenvalue weighted by molar-refractivity contribution is 6.00. The molecule has 0 unspecified atom stereocenters. The Balaban J connectivity index is 2.67. The van der Waals surface area contributed by atoms with Crippen LogP contribution in [0.3, 0.4) is 0 Å². The van der Waals surface area contributed by atoms with Gasteiger partial charge in [-0.3, -0.25) is 9.59 Å². The normalized spacial score (nSPS) is 13.7. The average Bonchev–Trinajstić information content (AvgIpc) is 2.38. The van der Waals surface area contributed by atoms with Crippen molar-refractivity contribution in [1.82, 2.24) is 0 Å². The molecule has 1 aliphatic rings. The van der Waals surface area contributed by atoms with Crippen molar-refractivity contribution in [3.8, 4) is 17.2 Å². The molecule has 0 saturated heterocycles. The fourth-order valence-corrected chi connectivity index (χ4v) is 2.31. The van der Waals surface area contributed by atoms with E-state index in [4.69, 9.17) is 14.2 Å². The number of methoxy groups -OCH3 is 2. The zero-order valence-electron chi connectivity index (χ0n) is 11.2. The lowest BCUT2D eigenvalue weighted by Crippen LogP contribution is -2.15. The molecule has 0 N–H and O–H groups in total. The number of carbonyl (C=O) groups excluding carboxylic acids is 2. The summed E-state index contributed by atoms with van der Waals surface area (Å²) in [5.41, 5.74) is 1.28. The van der Waals surface area contributed by atoms with Gasteiger partial charge in [-0.2, -0.15) is 0 Å². The molecule has 0 saturated carbocycles. The maximum Gasteiger partial charge on any atom is 0.308 e. The molecule has 0 heterocycles. The summed E-state index contributed by atoms with van der Waals surface area (Å²) in [4.78, 5) is 23.2. The number of hydrogen-bond acceptors (Lipinski definition) is 5. The second-order valence-corrected chi connectivity index (χ2v) is 4.34. The molecule has 0 aliphatic heterocycles. The molecule has 0 bridgehead atoms. The fraction of sp³-hybridized carbons (Fsp3) is 0.429. The van der Waals surface area contributed by atoms with E-state index in [0.717, 1.165) is 12.0 Å². The van der Waals surface area contributed by atoms with E-state index in [2.05, 4.69) is 0 Å². The number of esters is 1. The van der Waals surface area contributed by atoms with Crippen molar-refractivity contribution in [1.29, 1.82) is 0 Å². The molecule has 0 atom stereocenters. The van der Waals surface area contributed by atoms with Crippen LogP contribution in [0.5, 0.6) is 17.2 Å². The molecule has 0 radical (unpaired) electrons. The molecule has 1 aliphatic carbocycles. The predicted octanol–water partition coefficient (Wildman–Crippen LogP) is 2.15. The smallest absolute Gasteiger partial charge is 0.308 e. The van der Waals surface area contributed by atoms with Crippen molar-refractivity contribution >= 4 is 11.8 Å². The molecular formula is C14H16O5. The minimum absolute atomic E-state index is 0.0376. The zero-order chi connectivity index (χ0) is 14.0. The SMILES string of the molecule is COc1cc2c(c(OC(C)=O)c1OC)CCCC2=O. The minimum atomic E-state index is -0.452. The molecule has 19 heavy (non-hydrogen) atoms. The third-order valence-electron chi connectivity index (χ3n) is 3.11. The van der Waals surface area contributed by atoms with Gasteiger partial charge in [-0.15, -0.1) is 0 Å². The van der Waals surface area contributed by atoms with Crippen molar-refractivity contribution in [2.75, 3.05) is 14.2 Å². The molecule has 2 rings (SSSR count). The van der Waals surface area contributed by atoms with Crippen LogP contribution in [0.25, 0.3) is 0 Å². The average molecular weight is 264 g/mol. The monoisotopic (exact) mass is 264 g/mol. The maximum absolute atomic E-state index is 12.0. The summed E-state index contributed by atoms with van der Waals surface area (Å²) in [7, 11) is 2.96. The Morgan fingerprint density at radius 2 is 1.89 bits per heavy atom. The van der Waals surface area contributed by atoms with Crippen LogP contribution >= 0.6 is 0 Å². The van der Waals surface area contributed by atoms with Crippen LogP contribution in [-0.4, -0.2) is 26.0 Å². The van der Waals surface area contributed by atoms with E-state index in [9.17, 15) is 9.59 Å². The van der Waals surface area contributed by atoms with Gasteiger partial charge in [0.2, 0.25) is 5.75 Å². The highest BCUT2D eigenvalue weighted by Crippen LogP contribution is 2.44. The van der Waals surface area contributed by atoms with Gasteiger partial charge >= 0.3 is 5.97 Å². The van der Waals surface area contributed by atoms with Gasteiger partial charge in [0.15, 0.2) is 17.3 Å². The fourth-order valence-electron chi connectivity index (χ4n) is 2.31. The number of Topliss-reactive ketones (excluding diaryl/α,β-unsaturated/α-hetero) is 1. The van der Waals surface area contributed by atoms with E-state index in [0.29, 0.717) is 35.7 Å². The molecule has 0 fully saturated rings. The maximum atomic E-state index is 12.0. The Labute approximate surface area is 111 Å². The lowest BCUT2D eigenvalue weighted by molar-refractivity contribution is -0.132. The number of ether oxygens (including phenoxy) is 3. The highest BCUT2D eigenvalue weighted by atomic mass is 16.6. The third kappa shape index (κ3) is 2.41. The van der Waals surface area contributed by atoms with Crippen molar-refractivity contribution < 1.29 is 23.8 Å². The second kappa shape index (κ2) is 5.30. The second-order valence-electron chi connectivity index (χ2n) is 4.34. The van der Waals surface area contributed by atoms with E-state index in [1.807, 2.05) is 0 Å². The van der Waals surface area contributed by atoms with Crippen molar-refractivity contribution in [3.63, 3.8) is 0 Å². The van der Waals surface area contributed by atoms with Gasteiger partial charge in [0, 0.05) is 24.5 Å². The first-order chi connectivity index (χ1) is 9.08. The molecule has 5 heteroatoms. The van der Waals surface area contributed by atoms with Crippen molar-refractivity contribution in [2.45, 2.75) is 26.2 Å². The lowest BCUT2D eigenvalue weighted by Gasteiger charge is -2.21. The van der Waals surface area contributed by atoms with Crippen LogP contribution in [0.2, 0.25) is 0 Å². The van der Waals surface area contributed by atoms with Crippen LogP contribution in [-0.2, 0) is 11.2 Å². The van der Waals surface area contributed by atoms with E-state index in [1.54, 1.807) is 6.07 Å². The molecule has 5 nitrogen and oxygen atoms in total. The number of benzene rings is 1. The van der Waals surface area contributed by atoms with Gasteiger partial charge in [-0.25, -0.2) is 0 Å². The molecule has 1 aromatic rings. The summed E-state index contributed by atoms with van der Waals surface area (Å²) in [5, 5.41) is 0. The number of ketones is 1. The molecule has 102 valence electrons. The van der Waals surface area contributed by atoms with Gasteiger partial charge in [0.05, 0.1) is 14.2 Å². The summed E-state index contributed by atoms with van der Waals surface area (Å²) >= 11 is 0. The molecular weight excluding hydrogens is 248 g/mol. The summed E-state index contributed by atoms with van der Waals surface area (Å²) in [6, 6.07) is 1.66. The number of hydrogen-bond donors (Lipinski definition) is 0. The first-order valence-corrected chi connectivity index (χ1v) is 6.08. The molecule has 0 amide bonds. The van der Waals surface area contributed by atoms with Crippen LogP contribution in [0.1, 0.15) is 35.7 Å². The van der Waals surface area contributed by atoms with Gasteiger partial charge in [-0.1, -0.05) is 0 Å². The number of carbonyl (C=O) groups is 2. The highest BCUT2D eigenvalue weighted by Gasteiger charge is 2.27. The third-order valence-corrected chi connectivity index (χ3v) is 3.11. The first kappa shape index (κ1) is 13.4. The van der Waals surface area contributed by atoms with Gasteiger partial charge in [0.25, 0.3) is 0 Å². The van der Waals surface area contributed by atoms with Crippen LogP contribution in [0.15, 0.2) is 6.07 Å².